The van der Waals surface area contributed by atoms with Crippen LogP contribution >= 0.6 is 11.6 Å². The maximum absolute atomic E-state index is 6.01. The average molecular weight is 409 g/mol. The molecule has 1 aromatic carbocycles. The number of benzene rings is 1. The highest BCUT2D eigenvalue weighted by atomic mass is 35.5. The number of aryl methyl sites for hydroxylation is 1. The summed E-state index contributed by atoms with van der Waals surface area (Å²) >= 11 is 6.01. The Hall–Kier alpha value is -3.85. The molecular weight excluding hydrogens is 392 g/mol. The molecule has 0 fully saturated rings. The molecular formula is C19H17ClN8O. The lowest BCUT2D eigenvalue weighted by molar-refractivity contribution is 0.476. The normalized spacial score (nSPS) is 11.6. The van der Waals surface area contributed by atoms with Gasteiger partial charge in [-0.3, -0.25) is 4.68 Å². The average Bonchev–Trinajstić information content (AvgIpc) is 2.72. The van der Waals surface area contributed by atoms with Crippen molar-refractivity contribution in [1.29, 1.82) is 0 Å². The highest BCUT2D eigenvalue weighted by molar-refractivity contribution is 6.30. The zero-order chi connectivity index (χ0) is 20.4. The van der Waals surface area contributed by atoms with Crippen LogP contribution < -0.4 is 27.2 Å². The lowest BCUT2D eigenvalue weighted by Gasteiger charge is -2.13. The van der Waals surface area contributed by atoms with Crippen LogP contribution in [0.25, 0.3) is 10.9 Å². The Labute approximate surface area is 170 Å². The Morgan fingerprint density at radius 1 is 1.14 bits per heavy atom. The van der Waals surface area contributed by atoms with Crippen LogP contribution in [-0.4, -0.2) is 19.6 Å². The lowest BCUT2D eigenvalue weighted by Crippen LogP contribution is -2.28. The molecule has 3 heterocycles. The van der Waals surface area contributed by atoms with E-state index >= 15 is 0 Å². The Bertz CT molecular complexity index is 1270. The zero-order valence-electron chi connectivity index (χ0n) is 15.4. The van der Waals surface area contributed by atoms with Gasteiger partial charge in [0.25, 0.3) is 0 Å². The Morgan fingerprint density at radius 3 is 2.79 bits per heavy atom. The number of nitrogens with one attached hydrogen (secondary N) is 1. The molecule has 9 nitrogen and oxygen atoms in total. The van der Waals surface area contributed by atoms with Gasteiger partial charge in [0.1, 0.15) is 28.8 Å². The van der Waals surface area contributed by atoms with Gasteiger partial charge in [0.15, 0.2) is 5.49 Å². The highest BCUT2D eigenvalue weighted by Gasteiger charge is 2.08. The molecule has 0 amide bonds. The molecule has 0 bridgehead atoms. The van der Waals surface area contributed by atoms with E-state index in [4.69, 9.17) is 28.0 Å². The minimum Gasteiger partial charge on any atom is -0.457 e. The molecule has 4 aromatic rings. The van der Waals surface area contributed by atoms with Crippen molar-refractivity contribution in [2.45, 2.75) is 6.92 Å². The number of pyridine rings is 2. The number of fused-ring (bicyclic) bond motifs is 1. The van der Waals surface area contributed by atoms with Crippen molar-refractivity contribution in [3.05, 3.63) is 71.3 Å². The first-order valence-corrected chi connectivity index (χ1v) is 8.95. The summed E-state index contributed by atoms with van der Waals surface area (Å²) in [5.41, 5.74) is 2.85. The fourth-order valence-corrected chi connectivity index (χ4v) is 2.94. The van der Waals surface area contributed by atoms with E-state index in [-0.39, 0.29) is 0 Å². The first-order valence-electron chi connectivity index (χ1n) is 8.57. The standard InChI is InChI=1S/C19H17ClN8O/c1-11-6-12(26-19-14-8-17(20)23-9-15(14)24-10-25-19)2-3-16(11)29-13-4-5-28(22)18(7-13)27-21/h2-10H,21-22H2,1H3,(H,24,25,26)/b27-18-. The lowest BCUT2D eigenvalue weighted by atomic mass is 10.2. The second-order valence-electron chi connectivity index (χ2n) is 6.21. The van der Waals surface area contributed by atoms with Gasteiger partial charge in [0.2, 0.25) is 0 Å². The number of hydrogen-bond acceptors (Lipinski definition) is 8. The van der Waals surface area contributed by atoms with Crippen molar-refractivity contribution in [3.8, 4) is 11.5 Å². The van der Waals surface area contributed by atoms with Crippen molar-refractivity contribution in [3.63, 3.8) is 0 Å². The molecule has 10 heteroatoms. The monoisotopic (exact) mass is 408 g/mol. The number of nitrogen functional groups attached to an aromatic ring is 1. The second-order valence-corrected chi connectivity index (χ2v) is 6.60. The minimum absolute atomic E-state index is 0.375. The fourth-order valence-electron chi connectivity index (χ4n) is 2.79. The summed E-state index contributed by atoms with van der Waals surface area (Å²) in [6, 6.07) is 10.8. The van der Waals surface area contributed by atoms with Crippen LogP contribution in [0.2, 0.25) is 5.15 Å². The van der Waals surface area contributed by atoms with Crippen LogP contribution in [0.15, 0.2) is 60.2 Å². The molecule has 0 aliphatic rings. The van der Waals surface area contributed by atoms with Gasteiger partial charge in [0.05, 0.1) is 11.7 Å². The Morgan fingerprint density at radius 2 is 2.00 bits per heavy atom. The van der Waals surface area contributed by atoms with E-state index in [0.29, 0.717) is 33.5 Å². The fraction of sp³-hybridized carbons (Fsp3) is 0.0526. The van der Waals surface area contributed by atoms with Crippen molar-refractivity contribution in [1.82, 2.24) is 19.6 Å². The smallest absolute Gasteiger partial charge is 0.174 e. The highest BCUT2D eigenvalue weighted by Crippen LogP contribution is 2.29. The Kier molecular flexibility index (Phi) is 4.88. The van der Waals surface area contributed by atoms with Crippen LogP contribution in [0.4, 0.5) is 11.5 Å². The predicted molar refractivity (Wildman–Crippen MR) is 111 cm³/mol. The first kappa shape index (κ1) is 18.5. The molecule has 5 N–H and O–H groups in total. The molecule has 0 spiro atoms. The topological polar surface area (TPSA) is 129 Å². The summed E-state index contributed by atoms with van der Waals surface area (Å²) in [7, 11) is 0. The number of aromatic nitrogens is 4. The molecule has 0 atom stereocenters. The van der Waals surface area contributed by atoms with Gasteiger partial charge in [0, 0.05) is 23.3 Å². The van der Waals surface area contributed by atoms with Gasteiger partial charge in [-0.1, -0.05) is 11.6 Å². The number of nitrogens with two attached hydrogens (primary N) is 2. The molecule has 0 unspecified atom stereocenters. The van der Waals surface area contributed by atoms with Crippen LogP contribution in [0.3, 0.4) is 0 Å². The van der Waals surface area contributed by atoms with Gasteiger partial charge >= 0.3 is 0 Å². The van der Waals surface area contributed by atoms with E-state index in [1.165, 1.54) is 11.0 Å². The van der Waals surface area contributed by atoms with Crippen molar-refractivity contribution in [2.24, 2.45) is 10.9 Å². The molecule has 0 saturated heterocycles. The molecule has 0 aliphatic carbocycles. The summed E-state index contributed by atoms with van der Waals surface area (Å²) in [4.78, 5) is 12.6. The van der Waals surface area contributed by atoms with E-state index in [9.17, 15) is 0 Å². The molecule has 0 radical (unpaired) electrons. The van der Waals surface area contributed by atoms with Gasteiger partial charge in [-0.05, 0) is 42.8 Å². The maximum Gasteiger partial charge on any atom is 0.174 e. The Balaban J connectivity index is 1.61. The number of ether oxygens (including phenoxy) is 1. The largest absolute Gasteiger partial charge is 0.457 e. The van der Waals surface area contributed by atoms with E-state index in [2.05, 4.69) is 25.4 Å². The molecule has 4 rings (SSSR count). The molecule has 146 valence electrons. The summed E-state index contributed by atoms with van der Waals surface area (Å²) < 4.78 is 7.24. The van der Waals surface area contributed by atoms with E-state index in [1.807, 2.05) is 25.1 Å². The third kappa shape index (κ3) is 3.90. The third-order valence-electron chi connectivity index (χ3n) is 4.22. The molecule has 0 aliphatic heterocycles. The number of anilines is 2. The van der Waals surface area contributed by atoms with Crippen molar-refractivity contribution in [2.75, 3.05) is 11.2 Å². The van der Waals surface area contributed by atoms with Gasteiger partial charge in [-0.2, -0.15) is 5.10 Å². The summed E-state index contributed by atoms with van der Waals surface area (Å²) in [6.07, 6.45) is 4.70. The number of nitrogens with zero attached hydrogens (tertiary/aromatic N) is 5. The first-order chi connectivity index (χ1) is 14.0. The molecule has 3 aromatic heterocycles. The minimum atomic E-state index is 0.375. The van der Waals surface area contributed by atoms with Crippen LogP contribution in [0.1, 0.15) is 5.56 Å². The van der Waals surface area contributed by atoms with E-state index in [1.54, 1.807) is 30.6 Å². The zero-order valence-corrected chi connectivity index (χ0v) is 16.1. The predicted octanol–water partition coefficient (Wildman–Crippen LogP) is 2.81. The summed E-state index contributed by atoms with van der Waals surface area (Å²) in [6.45, 7) is 1.94. The van der Waals surface area contributed by atoms with Crippen molar-refractivity contribution < 1.29 is 4.74 Å². The van der Waals surface area contributed by atoms with Gasteiger partial charge < -0.3 is 21.7 Å². The summed E-state index contributed by atoms with van der Waals surface area (Å²) in [5, 5.41) is 8.05. The molecule has 29 heavy (non-hydrogen) atoms. The van der Waals surface area contributed by atoms with Gasteiger partial charge in [-0.25, -0.2) is 15.0 Å². The van der Waals surface area contributed by atoms with Crippen LogP contribution in [-0.2, 0) is 0 Å². The van der Waals surface area contributed by atoms with E-state index in [0.717, 1.165) is 16.6 Å². The van der Waals surface area contributed by atoms with Crippen molar-refractivity contribution >= 4 is 34.0 Å². The number of rotatable bonds is 4. The van der Waals surface area contributed by atoms with Crippen LogP contribution in [0, 0.1) is 6.92 Å². The summed E-state index contributed by atoms with van der Waals surface area (Å²) in [5.74, 6) is 12.9. The number of halogens is 1. The van der Waals surface area contributed by atoms with E-state index < -0.39 is 0 Å². The molecule has 0 saturated carbocycles. The van der Waals surface area contributed by atoms with Gasteiger partial charge in [-0.15, -0.1) is 0 Å². The number of hydrogen-bond donors (Lipinski definition) is 3. The maximum atomic E-state index is 6.01. The second kappa shape index (κ2) is 7.64. The SMILES string of the molecule is Cc1cc(Nc2ncnc3cnc(Cl)cc23)ccc1Oc1ccn(N)/c(=N\N)c1. The third-order valence-corrected chi connectivity index (χ3v) is 4.43. The quantitative estimate of drug-likeness (QED) is 0.269. The van der Waals surface area contributed by atoms with Crippen LogP contribution in [0.5, 0.6) is 11.5 Å².